The second kappa shape index (κ2) is 8.94. The first-order valence-corrected chi connectivity index (χ1v) is 9.48. The fraction of sp³-hybridized carbons (Fsp3) is 0.500. The van der Waals surface area contributed by atoms with E-state index in [1.807, 2.05) is 0 Å². The fourth-order valence-corrected chi connectivity index (χ4v) is 4.19. The Kier molecular flexibility index (Phi) is 6.63. The minimum atomic E-state index is -2.58. The number of hydrogen-bond acceptors (Lipinski definition) is 5. The number of hydrogen-bond donors (Lipinski definition) is 1. The van der Waals surface area contributed by atoms with Crippen LogP contribution in [0.15, 0.2) is 29.8 Å². The molecule has 0 saturated carbocycles. The van der Waals surface area contributed by atoms with Crippen LogP contribution in [0.5, 0.6) is 0 Å². The quantitative estimate of drug-likeness (QED) is 0.785. The van der Waals surface area contributed by atoms with Crippen LogP contribution >= 0.6 is 11.3 Å². The van der Waals surface area contributed by atoms with Gasteiger partial charge in [-0.2, -0.15) is 0 Å². The lowest BCUT2D eigenvalue weighted by molar-refractivity contribution is -0.0107. The van der Waals surface area contributed by atoms with Gasteiger partial charge in [-0.15, -0.1) is 11.3 Å². The normalized spacial score (nSPS) is 17.7. The van der Waals surface area contributed by atoms with E-state index in [1.165, 1.54) is 29.0 Å². The summed E-state index contributed by atoms with van der Waals surface area (Å²) in [4.78, 5) is 6.50. The Hall–Kier alpha value is -1.48. The van der Waals surface area contributed by atoms with Gasteiger partial charge in [0.25, 0.3) is 6.43 Å². The number of halogens is 3. The maximum Gasteiger partial charge on any atom is 0.281 e. The predicted molar refractivity (Wildman–Crippen MR) is 94.7 cm³/mol. The van der Waals surface area contributed by atoms with Gasteiger partial charge in [-0.1, -0.05) is 12.1 Å². The topological polar surface area (TPSA) is 51.4 Å². The van der Waals surface area contributed by atoms with Crippen LogP contribution in [-0.4, -0.2) is 35.6 Å². The third kappa shape index (κ3) is 4.62. The molecular formula is C18H22F3N3OS. The number of benzene rings is 1. The molecule has 0 spiro atoms. The lowest BCUT2D eigenvalue weighted by Gasteiger charge is -2.36. The van der Waals surface area contributed by atoms with Crippen LogP contribution in [0.25, 0.3) is 0 Å². The first-order valence-electron chi connectivity index (χ1n) is 8.60. The van der Waals surface area contributed by atoms with Gasteiger partial charge in [0.05, 0.1) is 29.1 Å². The van der Waals surface area contributed by atoms with E-state index in [9.17, 15) is 13.2 Å². The fourth-order valence-electron chi connectivity index (χ4n) is 3.25. The summed E-state index contributed by atoms with van der Waals surface area (Å²) in [5, 5.41) is 0. The summed E-state index contributed by atoms with van der Waals surface area (Å²) < 4.78 is 45.1. The third-order valence-corrected chi connectivity index (χ3v) is 5.62. The zero-order valence-electron chi connectivity index (χ0n) is 14.3. The molecule has 0 amide bonds. The molecule has 3 rings (SSSR count). The minimum absolute atomic E-state index is 0.103. The highest BCUT2D eigenvalue weighted by molar-refractivity contribution is 7.09. The summed E-state index contributed by atoms with van der Waals surface area (Å²) in [6, 6.07) is 6.03. The van der Waals surface area contributed by atoms with Gasteiger partial charge in [-0.3, -0.25) is 4.90 Å². The van der Waals surface area contributed by atoms with Crippen molar-refractivity contribution in [2.24, 2.45) is 5.73 Å². The zero-order valence-corrected chi connectivity index (χ0v) is 15.1. The Morgan fingerprint density at radius 1 is 1.23 bits per heavy atom. The number of likely N-dealkylation sites (tertiary alicyclic amines) is 1. The maximum absolute atomic E-state index is 13.1. The smallest absolute Gasteiger partial charge is 0.281 e. The Balaban J connectivity index is 1.53. The summed E-state index contributed by atoms with van der Waals surface area (Å²) in [7, 11) is 0. The molecule has 1 unspecified atom stereocenters. The number of thiazole rings is 1. The molecule has 1 aliphatic rings. The van der Waals surface area contributed by atoms with Crippen molar-refractivity contribution in [1.29, 1.82) is 0 Å². The van der Waals surface area contributed by atoms with Gasteiger partial charge in [0.1, 0.15) is 11.5 Å². The number of ether oxygens (including phenoxy) is 1. The van der Waals surface area contributed by atoms with Crippen LogP contribution in [-0.2, 0) is 11.3 Å². The minimum Gasteiger partial charge on any atom is -0.373 e. The van der Waals surface area contributed by atoms with Crippen molar-refractivity contribution < 1.29 is 17.9 Å². The Morgan fingerprint density at radius 2 is 1.92 bits per heavy atom. The molecule has 26 heavy (non-hydrogen) atoms. The molecule has 0 aliphatic carbocycles. The van der Waals surface area contributed by atoms with Crippen molar-refractivity contribution in [3.05, 3.63) is 51.7 Å². The molecule has 1 fully saturated rings. The van der Waals surface area contributed by atoms with Crippen molar-refractivity contribution >= 4 is 11.3 Å². The molecule has 2 N–H and O–H groups in total. The van der Waals surface area contributed by atoms with Crippen LogP contribution < -0.4 is 5.73 Å². The van der Waals surface area contributed by atoms with Crippen molar-refractivity contribution in [2.75, 3.05) is 19.6 Å². The van der Waals surface area contributed by atoms with Gasteiger partial charge in [0.2, 0.25) is 0 Å². The van der Waals surface area contributed by atoms with Crippen LogP contribution in [0.1, 0.15) is 41.4 Å². The lowest BCUT2D eigenvalue weighted by atomic mass is 10.0. The number of nitrogens with two attached hydrogens (primary N) is 1. The van der Waals surface area contributed by atoms with Gasteiger partial charge in [0.15, 0.2) is 0 Å². The molecule has 1 saturated heterocycles. The van der Waals surface area contributed by atoms with Gasteiger partial charge in [-0.25, -0.2) is 18.2 Å². The molecule has 1 aromatic heterocycles. The highest BCUT2D eigenvalue weighted by Crippen LogP contribution is 2.34. The first kappa shape index (κ1) is 19.3. The average molecular weight is 385 g/mol. The predicted octanol–water partition coefficient (Wildman–Crippen LogP) is 3.90. The molecule has 142 valence electrons. The van der Waals surface area contributed by atoms with E-state index in [-0.39, 0.29) is 30.2 Å². The molecule has 1 aliphatic heterocycles. The van der Waals surface area contributed by atoms with Gasteiger partial charge >= 0.3 is 0 Å². The highest BCUT2D eigenvalue weighted by Gasteiger charge is 2.30. The van der Waals surface area contributed by atoms with Crippen molar-refractivity contribution in [3.8, 4) is 0 Å². The van der Waals surface area contributed by atoms with E-state index in [0.717, 1.165) is 31.5 Å². The molecule has 2 aromatic rings. The SMILES string of the molecule is NCC(c1scnc1C(F)F)N1CCC(OCc2ccc(F)cc2)CC1. The molecule has 4 nitrogen and oxygen atoms in total. The van der Waals surface area contributed by atoms with Crippen LogP contribution in [0.2, 0.25) is 0 Å². The van der Waals surface area contributed by atoms with Crippen molar-refractivity contribution in [1.82, 2.24) is 9.88 Å². The van der Waals surface area contributed by atoms with Crippen molar-refractivity contribution in [2.45, 2.75) is 38.0 Å². The number of aromatic nitrogens is 1. The summed E-state index contributed by atoms with van der Waals surface area (Å²) >= 11 is 1.24. The van der Waals surface area contributed by atoms with Crippen LogP contribution in [0.4, 0.5) is 13.2 Å². The number of rotatable bonds is 7. The Labute approximate surface area is 154 Å². The van der Waals surface area contributed by atoms with E-state index < -0.39 is 6.43 Å². The van der Waals surface area contributed by atoms with E-state index in [4.69, 9.17) is 10.5 Å². The van der Waals surface area contributed by atoms with Crippen LogP contribution in [0.3, 0.4) is 0 Å². The number of nitrogens with zero attached hydrogens (tertiary/aromatic N) is 2. The molecule has 1 atom stereocenters. The summed E-state index contributed by atoms with van der Waals surface area (Å²) in [6.45, 7) is 2.19. The standard InChI is InChI=1S/C18H22F3N3OS/c19-13-3-1-12(2-4-13)10-25-14-5-7-24(8-6-14)15(9-22)17-16(18(20)21)23-11-26-17/h1-4,11,14-15,18H,5-10,22H2. The maximum atomic E-state index is 13.1. The number of piperidine rings is 1. The monoisotopic (exact) mass is 385 g/mol. The third-order valence-electron chi connectivity index (χ3n) is 4.67. The molecule has 8 heteroatoms. The summed E-state index contributed by atoms with van der Waals surface area (Å²) in [6.07, 6.45) is -0.867. The summed E-state index contributed by atoms with van der Waals surface area (Å²) in [5.74, 6) is -0.263. The lowest BCUT2D eigenvalue weighted by Crippen LogP contribution is -2.41. The van der Waals surface area contributed by atoms with Gasteiger partial charge < -0.3 is 10.5 Å². The van der Waals surface area contributed by atoms with E-state index in [2.05, 4.69) is 9.88 Å². The van der Waals surface area contributed by atoms with E-state index >= 15 is 0 Å². The number of alkyl halides is 2. The van der Waals surface area contributed by atoms with E-state index in [1.54, 1.807) is 12.1 Å². The van der Waals surface area contributed by atoms with Gasteiger partial charge in [-0.05, 0) is 30.5 Å². The van der Waals surface area contributed by atoms with Gasteiger partial charge in [0, 0.05) is 19.6 Å². The molecule has 0 radical (unpaired) electrons. The second-order valence-corrected chi connectivity index (χ2v) is 7.21. The molecular weight excluding hydrogens is 363 g/mol. The first-order chi connectivity index (χ1) is 12.6. The molecule has 1 aromatic carbocycles. The molecule has 0 bridgehead atoms. The van der Waals surface area contributed by atoms with Crippen LogP contribution in [0, 0.1) is 5.82 Å². The van der Waals surface area contributed by atoms with E-state index in [0.29, 0.717) is 11.5 Å². The Bertz CT molecular complexity index is 687. The highest BCUT2D eigenvalue weighted by atomic mass is 32.1. The average Bonchev–Trinajstić information content (AvgIpc) is 3.13. The Morgan fingerprint density at radius 3 is 2.54 bits per heavy atom. The zero-order chi connectivity index (χ0) is 18.5. The largest absolute Gasteiger partial charge is 0.373 e. The second-order valence-electron chi connectivity index (χ2n) is 6.33. The van der Waals surface area contributed by atoms with Crippen molar-refractivity contribution in [3.63, 3.8) is 0 Å². The summed E-state index contributed by atoms with van der Waals surface area (Å²) in [5.41, 5.74) is 8.11. The molecule has 2 heterocycles.